The number of ether oxygens (including phenoxy) is 2. The summed E-state index contributed by atoms with van der Waals surface area (Å²) in [4.78, 5) is 28.8. The number of carbonyl (C=O) groups is 1. The number of nitrogens with zero attached hydrogens (tertiary/aromatic N) is 5. The van der Waals surface area contributed by atoms with Crippen LogP contribution in [0.2, 0.25) is 0 Å². The van der Waals surface area contributed by atoms with Gasteiger partial charge in [0.05, 0.1) is 25.0 Å². The Kier molecular flexibility index (Phi) is 11.2. The van der Waals surface area contributed by atoms with E-state index in [4.69, 9.17) is 14.5 Å². The van der Waals surface area contributed by atoms with Crippen LogP contribution in [0.15, 0.2) is 66.9 Å². The quantitative estimate of drug-likeness (QED) is 0.115. The molecule has 49 heavy (non-hydrogen) atoms. The molecule has 2 fully saturated rings. The van der Waals surface area contributed by atoms with Gasteiger partial charge in [0.2, 0.25) is 5.95 Å². The number of unbranched alkanes of at least 4 members (excludes halogenated alkanes) is 1. The molecule has 0 spiro atoms. The number of para-hydroxylation sites is 1. The largest absolute Gasteiger partial charge is 0.494 e. The Hall–Kier alpha value is -4.74. The van der Waals surface area contributed by atoms with Gasteiger partial charge in [0.25, 0.3) is 0 Å². The van der Waals surface area contributed by atoms with Gasteiger partial charge in [-0.05, 0) is 62.7 Å². The number of hydrogen-bond donors (Lipinski definition) is 2. The highest BCUT2D eigenvalue weighted by molar-refractivity contribution is 5.87. The molecule has 2 aliphatic heterocycles. The van der Waals surface area contributed by atoms with E-state index >= 15 is 4.39 Å². The number of nitrogens with one attached hydrogen (secondary N) is 2. The van der Waals surface area contributed by atoms with E-state index in [1.807, 2.05) is 43.3 Å². The number of aromatic nitrogens is 2. The van der Waals surface area contributed by atoms with E-state index in [0.717, 1.165) is 76.3 Å². The summed E-state index contributed by atoms with van der Waals surface area (Å²) in [5.74, 6) is 0.879. The number of rotatable bonds is 13. The molecule has 0 aliphatic carbocycles. The molecule has 6 rings (SSSR count). The molecule has 1 aromatic heterocycles. The van der Waals surface area contributed by atoms with Crippen molar-refractivity contribution in [2.45, 2.75) is 38.6 Å². The third kappa shape index (κ3) is 8.12. The minimum Gasteiger partial charge on any atom is -0.494 e. The predicted octanol–water partition coefficient (Wildman–Crippen LogP) is 6.99. The van der Waals surface area contributed by atoms with E-state index in [9.17, 15) is 4.79 Å². The maximum Gasteiger partial charge on any atom is 0.229 e. The number of anilines is 5. The zero-order chi connectivity index (χ0) is 34.2. The standard InChI is InChI=1S/C38H46FN7O3/c1-4-5-23-49-34-14-12-30(36(39)32(34)26-47)31-25-40-38(43-37(31)41-27-9-7-6-8-10-27)42-33-13-11-29(24-35(33)48-3)45-17-15-28(16-18-45)46-21-19-44(2)20-22-46/h6-14,24-26,28H,4-5,15-23H2,1-3H3,(H2,40,41,42,43). The summed E-state index contributed by atoms with van der Waals surface area (Å²) in [5.41, 5.74) is 3.05. The van der Waals surface area contributed by atoms with Crippen LogP contribution in [-0.2, 0) is 0 Å². The average molecular weight is 668 g/mol. The molecule has 0 radical (unpaired) electrons. The molecule has 10 nitrogen and oxygen atoms in total. The highest BCUT2D eigenvalue weighted by atomic mass is 19.1. The zero-order valence-corrected chi connectivity index (χ0v) is 28.6. The fourth-order valence-corrected chi connectivity index (χ4v) is 6.51. The van der Waals surface area contributed by atoms with Crippen LogP contribution in [0.4, 0.5) is 33.2 Å². The van der Waals surface area contributed by atoms with Gasteiger partial charge in [0, 0.05) is 80.1 Å². The number of piperazine rings is 1. The molecule has 0 amide bonds. The molecular weight excluding hydrogens is 621 g/mol. The monoisotopic (exact) mass is 667 g/mol. The summed E-state index contributed by atoms with van der Waals surface area (Å²) in [6.45, 7) is 9.02. The first-order valence-corrected chi connectivity index (χ1v) is 17.2. The molecule has 3 aromatic carbocycles. The van der Waals surface area contributed by atoms with Gasteiger partial charge in [0.1, 0.15) is 23.1 Å². The summed E-state index contributed by atoms with van der Waals surface area (Å²) in [7, 11) is 3.85. The van der Waals surface area contributed by atoms with Crippen LogP contribution in [0.3, 0.4) is 0 Å². The van der Waals surface area contributed by atoms with Crippen molar-refractivity contribution in [1.82, 2.24) is 19.8 Å². The maximum atomic E-state index is 15.9. The number of carbonyl (C=O) groups excluding carboxylic acids is 1. The molecule has 0 bridgehead atoms. The lowest BCUT2D eigenvalue weighted by atomic mass is 10.0. The van der Waals surface area contributed by atoms with E-state index in [2.05, 4.69) is 49.5 Å². The lowest BCUT2D eigenvalue weighted by molar-refractivity contribution is 0.0982. The highest BCUT2D eigenvalue weighted by Crippen LogP contribution is 2.37. The van der Waals surface area contributed by atoms with Gasteiger partial charge < -0.3 is 29.9 Å². The number of hydrogen-bond acceptors (Lipinski definition) is 10. The molecule has 4 aromatic rings. The van der Waals surface area contributed by atoms with Gasteiger partial charge in [0.15, 0.2) is 6.29 Å². The molecule has 0 atom stereocenters. The maximum absolute atomic E-state index is 15.9. The Morgan fingerprint density at radius 3 is 2.43 bits per heavy atom. The van der Waals surface area contributed by atoms with Crippen LogP contribution in [-0.4, -0.2) is 92.1 Å². The normalized spacial score (nSPS) is 16.0. The number of likely N-dealkylation sites (N-methyl/N-ethyl adjacent to an activating group) is 1. The lowest BCUT2D eigenvalue weighted by Crippen LogP contribution is -2.52. The molecule has 2 N–H and O–H groups in total. The number of piperidine rings is 1. The second kappa shape index (κ2) is 16.1. The molecule has 0 unspecified atom stereocenters. The van der Waals surface area contributed by atoms with Crippen molar-refractivity contribution in [1.29, 1.82) is 0 Å². The number of aldehydes is 1. The SMILES string of the molecule is CCCCOc1ccc(-c2cnc(Nc3ccc(N4CCC(N5CCN(C)CC5)CC4)cc3OC)nc2Nc2ccccc2)c(F)c1C=O. The van der Waals surface area contributed by atoms with Crippen LogP contribution < -0.4 is 25.0 Å². The average Bonchev–Trinajstić information content (AvgIpc) is 3.13. The predicted molar refractivity (Wildman–Crippen MR) is 194 cm³/mol. The smallest absolute Gasteiger partial charge is 0.229 e. The topological polar surface area (TPSA) is 95.1 Å². The minimum atomic E-state index is -0.686. The van der Waals surface area contributed by atoms with Gasteiger partial charge in [-0.1, -0.05) is 31.5 Å². The van der Waals surface area contributed by atoms with Crippen LogP contribution in [0, 0.1) is 5.82 Å². The Balaban J connectivity index is 1.23. The van der Waals surface area contributed by atoms with E-state index in [1.54, 1.807) is 25.4 Å². The summed E-state index contributed by atoms with van der Waals surface area (Å²) in [5, 5.41) is 6.61. The van der Waals surface area contributed by atoms with E-state index in [1.165, 1.54) is 0 Å². The van der Waals surface area contributed by atoms with Gasteiger partial charge >= 0.3 is 0 Å². The van der Waals surface area contributed by atoms with Gasteiger partial charge in [-0.2, -0.15) is 4.98 Å². The first-order valence-electron chi connectivity index (χ1n) is 17.2. The zero-order valence-electron chi connectivity index (χ0n) is 28.6. The molecular formula is C38H46FN7O3. The summed E-state index contributed by atoms with van der Waals surface area (Å²) in [6.07, 6.45) is 6.07. The van der Waals surface area contributed by atoms with E-state index < -0.39 is 5.82 Å². The van der Waals surface area contributed by atoms with E-state index in [-0.39, 0.29) is 16.9 Å². The molecule has 11 heteroatoms. The Labute approximate surface area is 288 Å². The lowest BCUT2D eigenvalue weighted by Gasteiger charge is -2.42. The Morgan fingerprint density at radius 1 is 0.939 bits per heavy atom. The van der Waals surface area contributed by atoms with Crippen molar-refractivity contribution in [3.63, 3.8) is 0 Å². The van der Waals surface area contributed by atoms with Gasteiger partial charge in [-0.25, -0.2) is 9.37 Å². The molecule has 258 valence electrons. The van der Waals surface area contributed by atoms with Crippen LogP contribution in [0.5, 0.6) is 11.5 Å². The third-order valence-electron chi connectivity index (χ3n) is 9.44. The van der Waals surface area contributed by atoms with Crippen LogP contribution >= 0.6 is 0 Å². The second-order valence-corrected chi connectivity index (χ2v) is 12.7. The molecule has 2 aliphatic rings. The van der Waals surface area contributed by atoms with Crippen molar-refractivity contribution in [2.75, 3.05) is 75.6 Å². The third-order valence-corrected chi connectivity index (χ3v) is 9.44. The van der Waals surface area contributed by atoms with Crippen molar-refractivity contribution in [3.8, 4) is 22.6 Å². The molecule has 0 saturated carbocycles. The molecule has 3 heterocycles. The van der Waals surface area contributed by atoms with Gasteiger partial charge in [-0.15, -0.1) is 0 Å². The fourth-order valence-electron chi connectivity index (χ4n) is 6.51. The summed E-state index contributed by atoms with van der Waals surface area (Å²) < 4.78 is 27.4. The Bertz CT molecular complexity index is 1710. The van der Waals surface area contributed by atoms with Crippen LogP contribution in [0.1, 0.15) is 43.0 Å². The van der Waals surface area contributed by atoms with Gasteiger partial charge in [-0.3, -0.25) is 9.69 Å². The summed E-state index contributed by atoms with van der Waals surface area (Å²) in [6, 6.07) is 19.5. The number of benzene rings is 3. The highest BCUT2D eigenvalue weighted by Gasteiger charge is 2.27. The van der Waals surface area contributed by atoms with Crippen molar-refractivity contribution in [2.24, 2.45) is 0 Å². The van der Waals surface area contributed by atoms with E-state index in [0.29, 0.717) is 47.7 Å². The van der Waals surface area contributed by atoms with Crippen molar-refractivity contribution >= 4 is 35.1 Å². The number of methoxy groups -OCH3 is 1. The van der Waals surface area contributed by atoms with Crippen LogP contribution in [0.25, 0.3) is 11.1 Å². The number of halogens is 1. The first kappa shape index (κ1) is 34.1. The van der Waals surface area contributed by atoms with Crippen molar-refractivity contribution < 1.29 is 18.7 Å². The summed E-state index contributed by atoms with van der Waals surface area (Å²) >= 11 is 0. The second-order valence-electron chi connectivity index (χ2n) is 12.7. The Morgan fingerprint density at radius 2 is 1.71 bits per heavy atom. The van der Waals surface area contributed by atoms with Crippen molar-refractivity contribution in [3.05, 3.63) is 78.2 Å². The fraction of sp³-hybridized carbons (Fsp3) is 0.395. The first-order chi connectivity index (χ1) is 24.0. The molecule has 2 saturated heterocycles. The minimum absolute atomic E-state index is 0.130.